The van der Waals surface area contributed by atoms with Crippen LogP contribution in [0.5, 0.6) is 0 Å². The molecule has 0 unspecified atom stereocenters. The molecule has 1 aliphatic heterocycles. The lowest BCUT2D eigenvalue weighted by Crippen LogP contribution is -2.36. The summed E-state index contributed by atoms with van der Waals surface area (Å²) in [4.78, 5) is 29.3. The zero-order valence-electron chi connectivity index (χ0n) is 10.6. The van der Waals surface area contributed by atoms with Gasteiger partial charge in [-0.25, -0.2) is 9.78 Å². The Morgan fingerprint density at radius 3 is 2.95 bits per heavy atom. The molecule has 2 heterocycles. The van der Waals surface area contributed by atoms with E-state index in [1.54, 1.807) is 12.1 Å². The molecule has 5 nitrogen and oxygen atoms in total. The molecule has 0 spiro atoms. The summed E-state index contributed by atoms with van der Waals surface area (Å²) < 4.78 is 0. The Kier molecular flexibility index (Phi) is 2.97. The number of fused-ring (bicyclic) bond motifs is 1. The van der Waals surface area contributed by atoms with Gasteiger partial charge in [0.25, 0.3) is 0 Å². The van der Waals surface area contributed by atoms with Crippen LogP contribution in [0.25, 0.3) is 0 Å². The molecule has 3 rings (SSSR count). The number of hydrogen-bond acceptors (Lipinski definition) is 4. The van der Waals surface area contributed by atoms with Crippen LogP contribution in [0.2, 0.25) is 0 Å². The van der Waals surface area contributed by atoms with Crippen molar-refractivity contribution in [2.75, 3.05) is 11.4 Å². The van der Waals surface area contributed by atoms with Gasteiger partial charge >= 0.3 is 5.97 Å². The second-order valence-electron chi connectivity index (χ2n) is 5.13. The predicted octanol–water partition coefficient (Wildman–Crippen LogP) is 1.65. The van der Waals surface area contributed by atoms with Crippen molar-refractivity contribution >= 4 is 17.6 Å². The Hall–Kier alpha value is -1.91. The Bertz CT molecular complexity index is 541. The van der Waals surface area contributed by atoms with E-state index in [1.807, 2.05) is 4.90 Å². The summed E-state index contributed by atoms with van der Waals surface area (Å²) in [6.45, 7) is 0.719. The number of hydrogen-bond donors (Lipinski definition) is 1. The second kappa shape index (κ2) is 4.64. The van der Waals surface area contributed by atoms with Gasteiger partial charge in [0.05, 0.1) is 5.69 Å². The van der Waals surface area contributed by atoms with Gasteiger partial charge in [0.2, 0.25) is 0 Å². The summed E-state index contributed by atoms with van der Waals surface area (Å²) in [6, 6.07) is 3.10. The van der Waals surface area contributed by atoms with Crippen LogP contribution in [-0.2, 0) is 11.2 Å². The van der Waals surface area contributed by atoms with Crippen LogP contribution in [0.4, 0.5) is 5.82 Å². The molecule has 0 saturated carbocycles. The van der Waals surface area contributed by atoms with E-state index in [2.05, 4.69) is 4.98 Å². The van der Waals surface area contributed by atoms with Crippen LogP contribution in [0.3, 0.4) is 0 Å². The van der Waals surface area contributed by atoms with Crippen LogP contribution < -0.4 is 4.90 Å². The minimum Gasteiger partial charge on any atom is -0.480 e. The molecule has 2 aliphatic rings. The summed E-state index contributed by atoms with van der Waals surface area (Å²) in [5, 5.41) is 9.20. The van der Waals surface area contributed by atoms with E-state index < -0.39 is 12.0 Å². The van der Waals surface area contributed by atoms with Crippen molar-refractivity contribution in [3.05, 3.63) is 23.4 Å². The standard InChI is InChI=1S/C14H16N2O3/c17-12-5-1-3-10-9(12)6-7-13(15-10)16-8-2-4-11(16)14(18)19/h6-7,11H,1-5,8H2,(H,18,19)/t11-/m0/s1. The summed E-state index contributed by atoms with van der Waals surface area (Å²) in [5.41, 5.74) is 1.53. The second-order valence-corrected chi connectivity index (χ2v) is 5.13. The number of Topliss-reactive ketones (excluding diaryl/α,β-unsaturated/α-hetero) is 1. The largest absolute Gasteiger partial charge is 0.480 e. The summed E-state index contributed by atoms with van der Waals surface area (Å²) in [6.07, 6.45) is 3.77. The number of aromatic nitrogens is 1. The molecule has 0 amide bonds. The summed E-state index contributed by atoms with van der Waals surface area (Å²) in [7, 11) is 0. The van der Waals surface area contributed by atoms with Gasteiger partial charge in [-0.1, -0.05) is 0 Å². The molecule has 1 aromatic rings. The first kappa shape index (κ1) is 12.1. The van der Waals surface area contributed by atoms with Crippen LogP contribution >= 0.6 is 0 Å². The number of aliphatic carboxylic acids is 1. The van der Waals surface area contributed by atoms with Crippen molar-refractivity contribution in [2.45, 2.75) is 38.1 Å². The Labute approximate surface area is 111 Å². The van der Waals surface area contributed by atoms with E-state index >= 15 is 0 Å². The number of nitrogens with zero attached hydrogens (tertiary/aromatic N) is 2. The fraction of sp³-hybridized carbons (Fsp3) is 0.500. The number of rotatable bonds is 2. The van der Waals surface area contributed by atoms with Gasteiger partial charge in [-0.05, 0) is 37.8 Å². The number of carboxylic acid groups (broad SMARTS) is 1. The van der Waals surface area contributed by atoms with Crippen molar-refractivity contribution in [1.82, 2.24) is 4.98 Å². The van der Waals surface area contributed by atoms with E-state index in [9.17, 15) is 14.7 Å². The molecule has 1 aliphatic carbocycles. The number of ketones is 1. The molecule has 1 saturated heterocycles. The Balaban J connectivity index is 1.94. The van der Waals surface area contributed by atoms with Gasteiger partial charge in [0.15, 0.2) is 5.78 Å². The molecule has 1 N–H and O–H groups in total. The highest BCUT2D eigenvalue weighted by Gasteiger charge is 2.32. The number of anilines is 1. The topological polar surface area (TPSA) is 70.5 Å². The van der Waals surface area contributed by atoms with Crippen LogP contribution in [-0.4, -0.2) is 34.4 Å². The molecule has 0 radical (unpaired) electrons. The molecule has 5 heteroatoms. The summed E-state index contributed by atoms with van der Waals surface area (Å²) >= 11 is 0. The SMILES string of the molecule is O=C1CCCc2nc(N3CCC[C@H]3C(=O)O)ccc21. The van der Waals surface area contributed by atoms with Gasteiger partial charge in [-0.3, -0.25) is 4.79 Å². The zero-order chi connectivity index (χ0) is 13.4. The summed E-state index contributed by atoms with van der Waals surface area (Å²) in [5.74, 6) is 0.0444. The Morgan fingerprint density at radius 1 is 1.32 bits per heavy atom. The van der Waals surface area contributed by atoms with Crippen LogP contribution in [0, 0.1) is 0 Å². The van der Waals surface area contributed by atoms with Gasteiger partial charge < -0.3 is 10.0 Å². The molecule has 0 bridgehead atoms. The first-order valence-corrected chi connectivity index (χ1v) is 6.69. The molecule has 1 fully saturated rings. The number of aryl methyl sites for hydroxylation is 1. The number of carbonyl (C=O) groups is 2. The quantitative estimate of drug-likeness (QED) is 0.875. The third-order valence-corrected chi connectivity index (χ3v) is 3.91. The van der Waals surface area contributed by atoms with Crippen LogP contribution in [0.1, 0.15) is 41.7 Å². The van der Waals surface area contributed by atoms with E-state index in [1.165, 1.54) is 0 Å². The van der Waals surface area contributed by atoms with Crippen molar-refractivity contribution in [1.29, 1.82) is 0 Å². The highest BCUT2D eigenvalue weighted by molar-refractivity contribution is 5.98. The molecule has 100 valence electrons. The molecule has 0 aromatic carbocycles. The van der Waals surface area contributed by atoms with Crippen molar-refractivity contribution in [3.63, 3.8) is 0 Å². The lowest BCUT2D eigenvalue weighted by molar-refractivity contribution is -0.138. The molecule has 1 atom stereocenters. The molecular weight excluding hydrogens is 244 g/mol. The lowest BCUT2D eigenvalue weighted by atomic mass is 9.95. The highest BCUT2D eigenvalue weighted by atomic mass is 16.4. The average molecular weight is 260 g/mol. The average Bonchev–Trinajstić information content (AvgIpc) is 2.88. The van der Waals surface area contributed by atoms with Gasteiger partial charge in [0.1, 0.15) is 11.9 Å². The molecule has 19 heavy (non-hydrogen) atoms. The first-order valence-electron chi connectivity index (χ1n) is 6.69. The van der Waals surface area contributed by atoms with Gasteiger partial charge in [-0.15, -0.1) is 0 Å². The van der Waals surface area contributed by atoms with E-state index in [0.717, 1.165) is 31.5 Å². The van der Waals surface area contributed by atoms with Gasteiger partial charge in [-0.2, -0.15) is 0 Å². The zero-order valence-corrected chi connectivity index (χ0v) is 10.6. The van der Waals surface area contributed by atoms with Crippen LogP contribution in [0.15, 0.2) is 12.1 Å². The highest BCUT2D eigenvalue weighted by Crippen LogP contribution is 2.27. The minimum absolute atomic E-state index is 0.150. The smallest absolute Gasteiger partial charge is 0.326 e. The lowest BCUT2D eigenvalue weighted by Gasteiger charge is -2.24. The fourth-order valence-corrected chi connectivity index (χ4v) is 2.94. The maximum absolute atomic E-state index is 11.7. The van der Waals surface area contributed by atoms with E-state index in [4.69, 9.17) is 0 Å². The van der Waals surface area contributed by atoms with E-state index in [0.29, 0.717) is 24.2 Å². The van der Waals surface area contributed by atoms with Crippen molar-refractivity contribution in [2.24, 2.45) is 0 Å². The number of carboxylic acids is 1. The monoisotopic (exact) mass is 260 g/mol. The normalized spacial score (nSPS) is 22.4. The van der Waals surface area contributed by atoms with Crippen molar-refractivity contribution in [3.8, 4) is 0 Å². The fourth-order valence-electron chi connectivity index (χ4n) is 2.94. The number of pyridine rings is 1. The Morgan fingerprint density at radius 2 is 2.16 bits per heavy atom. The van der Waals surface area contributed by atoms with Gasteiger partial charge in [0, 0.05) is 18.5 Å². The molecular formula is C14H16N2O3. The van der Waals surface area contributed by atoms with Crippen molar-refractivity contribution < 1.29 is 14.7 Å². The number of carbonyl (C=O) groups excluding carboxylic acids is 1. The third kappa shape index (κ3) is 2.09. The third-order valence-electron chi connectivity index (χ3n) is 3.91. The molecule has 1 aromatic heterocycles. The first-order chi connectivity index (χ1) is 9.16. The van der Waals surface area contributed by atoms with E-state index in [-0.39, 0.29) is 5.78 Å². The maximum Gasteiger partial charge on any atom is 0.326 e. The minimum atomic E-state index is -0.798. The maximum atomic E-state index is 11.7. The predicted molar refractivity (Wildman–Crippen MR) is 69.5 cm³/mol.